The number of piperazine rings is 1. The van der Waals surface area contributed by atoms with E-state index < -0.39 is 10.0 Å². The third-order valence-corrected chi connectivity index (χ3v) is 6.80. The van der Waals surface area contributed by atoms with E-state index >= 15 is 0 Å². The summed E-state index contributed by atoms with van der Waals surface area (Å²) >= 11 is 0. The summed E-state index contributed by atoms with van der Waals surface area (Å²) in [6.07, 6.45) is 0. The molecule has 0 N–H and O–H groups in total. The highest BCUT2D eigenvalue weighted by molar-refractivity contribution is 7.89. The van der Waals surface area contributed by atoms with Crippen LogP contribution in [0.3, 0.4) is 0 Å². The van der Waals surface area contributed by atoms with E-state index in [9.17, 15) is 18.5 Å². The molecule has 1 aliphatic heterocycles. The number of carbonyl (C=O) groups is 1. The van der Waals surface area contributed by atoms with Gasteiger partial charge in [0.2, 0.25) is 15.9 Å². The van der Waals surface area contributed by atoms with E-state index in [1.165, 1.54) is 16.4 Å². The molecule has 1 aliphatic rings. The van der Waals surface area contributed by atoms with Gasteiger partial charge in [0.1, 0.15) is 17.6 Å². The summed E-state index contributed by atoms with van der Waals surface area (Å²) in [4.78, 5) is 16.1. The van der Waals surface area contributed by atoms with Gasteiger partial charge < -0.3 is 9.32 Å². The molecule has 0 aliphatic carbocycles. The van der Waals surface area contributed by atoms with Crippen molar-refractivity contribution in [3.8, 4) is 6.07 Å². The van der Waals surface area contributed by atoms with Gasteiger partial charge in [0.05, 0.1) is 23.5 Å². The minimum absolute atomic E-state index is 0.00995. The topological polar surface area (TPSA) is 97.9 Å². The Labute approximate surface area is 171 Å². The number of rotatable bonds is 6. The summed E-state index contributed by atoms with van der Waals surface area (Å²) in [7, 11) is -1.92. The maximum atomic E-state index is 12.9. The highest BCUT2D eigenvalue weighted by Gasteiger charge is 2.31. The fraction of sp³-hybridized carbons (Fsp3) is 0.400. The highest BCUT2D eigenvalue weighted by atomic mass is 32.2. The fourth-order valence-electron chi connectivity index (χ4n) is 3.32. The molecule has 0 atom stereocenters. The van der Waals surface area contributed by atoms with Gasteiger partial charge >= 0.3 is 0 Å². The van der Waals surface area contributed by atoms with Crippen LogP contribution < -0.4 is 0 Å². The number of furan rings is 1. The molecule has 2 aromatic rings. The summed E-state index contributed by atoms with van der Waals surface area (Å²) in [5, 5.41) is 9.19. The molecule has 3 rings (SSSR count). The summed E-state index contributed by atoms with van der Waals surface area (Å²) in [6.45, 7) is 3.67. The van der Waals surface area contributed by atoms with Gasteiger partial charge in [-0.3, -0.25) is 9.69 Å². The number of nitriles is 1. The van der Waals surface area contributed by atoms with E-state index in [4.69, 9.17) is 4.42 Å². The molecule has 1 amide bonds. The number of hydrogen-bond acceptors (Lipinski definition) is 6. The van der Waals surface area contributed by atoms with Crippen LogP contribution in [-0.2, 0) is 21.4 Å². The molecule has 9 heteroatoms. The summed E-state index contributed by atoms with van der Waals surface area (Å²) in [5.74, 6) is 1.57. The molecule has 0 saturated carbocycles. The minimum Gasteiger partial charge on any atom is -0.465 e. The van der Waals surface area contributed by atoms with E-state index in [1.54, 1.807) is 17.0 Å². The summed E-state index contributed by atoms with van der Waals surface area (Å²) in [5.41, 5.74) is 0.126. The van der Waals surface area contributed by atoms with Crippen LogP contribution in [0.15, 0.2) is 45.7 Å². The van der Waals surface area contributed by atoms with Crippen LogP contribution in [0.5, 0.6) is 0 Å². The second kappa shape index (κ2) is 8.78. The molecule has 8 nitrogen and oxygen atoms in total. The normalized spacial score (nSPS) is 15.4. The number of hydrogen-bond donors (Lipinski definition) is 0. The molecule has 154 valence electrons. The van der Waals surface area contributed by atoms with Gasteiger partial charge in [0.15, 0.2) is 0 Å². The number of nitrogens with zero attached hydrogens (tertiary/aromatic N) is 4. The number of amides is 1. The number of carbonyl (C=O) groups excluding carboxylic acids is 1. The molecule has 29 heavy (non-hydrogen) atoms. The SMILES string of the molecule is Cc1ccc(CN(C)CC(=O)N2CCN(S(=O)(=O)c3ccccc3C#N)CC2)o1. The van der Waals surface area contributed by atoms with E-state index in [-0.39, 0.29) is 36.0 Å². The van der Waals surface area contributed by atoms with Gasteiger partial charge in [-0.2, -0.15) is 9.57 Å². The van der Waals surface area contributed by atoms with Crippen LogP contribution >= 0.6 is 0 Å². The molecule has 0 spiro atoms. The van der Waals surface area contributed by atoms with Crippen molar-refractivity contribution in [2.45, 2.75) is 18.4 Å². The zero-order valence-corrected chi connectivity index (χ0v) is 17.4. The Balaban J connectivity index is 1.57. The van der Waals surface area contributed by atoms with Crippen LogP contribution in [-0.4, -0.2) is 68.2 Å². The first kappa shape index (κ1) is 21.0. The zero-order chi connectivity index (χ0) is 21.0. The Morgan fingerprint density at radius 1 is 1.17 bits per heavy atom. The molecule has 1 aromatic heterocycles. The molecule has 2 heterocycles. The molecular weight excluding hydrogens is 392 g/mol. The van der Waals surface area contributed by atoms with Crippen molar-refractivity contribution in [3.05, 3.63) is 53.5 Å². The monoisotopic (exact) mass is 416 g/mol. The number of sulfonamides is 1. The zero-order valence-electron chi connectivity index (χ0n) is 16.5. The predicted octanol–water partition coefficient (Wildman–Crippen LogP) is 1.42. The van der Waals surface area contributed by atoms with Crippen LogP contribution in [0.25, 0.3) is 0 Å². The first-order chi connectivity index (χ1) is 13.8. The van der Waals surface area contributed by atoms with Crippen molar-refractivity contribution in [1.29, 1.82) is 5.26 Å². The largest absolute Gasteiger partial charge is 0.465 e. The third-order valence-electron chi connectivity index (χ3n) is 4.84. The lowest BCUT2D eigenvalue weighted by molar-refractivity contribution is -0.133. The Kier molecular flexibility index (Phi) is 6.37. The number of aryl methyl sites for hydroxylation is 1. The molecule has 1 saturated heterocycles. The smallest absolute Gasteiger partial charge is 0.244 e. The summed E-state index contributed by atoms with van der Waals surface area (Å²) < 4.78 is 32.6. The summed E-state index contributed by atoms with van der Waals surface area (Å²) in [6, 6.07) is 11.9. The highest BCUT2D eigenvalue weighted by Crippen LogP contribution is 2.21. The van der Waals surface area contributed by atoms with Crippen molar-refractivity contribution in [3.63, 3.8) is 0 Å². The molecular formula is C20H24N4O4S. The lowest BCUT2D eigenvalue weighted by atomic mass is 10.2. The Morgan fingerprint density at radius 3 is 2.48 bits per heavy atom. The molecule has 0 unspecified atom stereocenters. The standard InChI is InChI=1S/C20H24N4O4S/c1-16-7-8-18(28-16)14-22(2)15-20(25)23-9-11-24(12-10-23)29(26,27)19-6-4-3-5-17(19)13-21/h3-8H,9-12,14-15H2,1-2H3. The van der Waals surface area contributed by atoms with Crippen molar-refractivity contribution in [1.82, 2.24) is 14.1 Å². The van der Waals surface area contributed by atoms with Crippen molar-refractivity contribution in [2.75, 3.05) is 39.8 Å². The minimum atomic E-state index is -3.77. The number of likely N-dealkylation sites (N-methyl/N-ethyl adjacent to an activating group) is 1. The average Bonchev–Trinajstić information content (AvgIpc) is 3.12. The van der Waals surface area contributed by atoms with Gasteiger partial charge in [-0.25, -0.2) is 8.42 Å². The Hall–Kier alpha value is -2.67. The van der Waals surface area contributed by atoms with Gasteiger partial charge in [-0.05, 0) is 38.2 Å². The second-order valence-corrected chi connectivity index (χ2v) is 8.98. The quantitative estimate of drug-likeness (QED) is 0.707. The van der Waals surface area contributed by atoms with E-state index in [0.29, 0.717) is 19.6 Å². The lowest BCUT2D eigenvalue weighted by Crippen LogP contribution is -2.52. The maximum Gasteiger partial charge on any atom is 0.244 e. The first-order valence-corrected chi connectivity index (χ1v) is 10.8. The fourth-order valence-corrected chi connectivity index (χ4v) is 4.89. The van der Waals surface area contributed by atoms with Gasteiger partial charge in [-0.15, -0.1) is 0 Å². The van der Waals surface area contributed by atoms with Crippen LogP contribution in [0.2, 0.25) is 0 Å². The van der Waals surface area contributed by atoms with Crippen LogP contribution in [0.4, 0.5) is 0 Å². The first-order valence-electron chi connectivity index (χ1n) is 9.32. The predicted molar refractivity (Wildman–Crippen MR) is 106 cm³/mol. The molecule has 0 bridgehead atoms. The van der Waals surface area contributed by atoms with Crippen LogP contribution in [0.1, 0.15) is 17.1 Å². The van der Waals surface area contributed by atoms with E-state index in [0.717, 1.165) is 11.5 Å². The van der Waals surface area contributed by atoms with E-state index in [1.807, 2.05) is 37.1 Å². The average molecular weight is 417 g/mol. The lowest BCUT2D eigenvalue weighted by Gasteiger charge is -2.34. The van der Waals surface area contributed by atoms with Gasteiger partial charge in [0, 0.05) is 26.2 Å². The molecule has 0 radical (unpaired) electrons. The molecule has 1 aromatic carbocycles. The molecule has 1 fully saturated rings. The van der Waals surface area contributed by atoms with Crippen molar-refractivity contribution in [2.24, 2.45) is 0 Å². The Bertz CT molecular complexity index is 1020. The van der Waals surface area contributed by atoms with Crippen molar-refractivity contribution >= 4 is 15.9 Å². The second-order valence-electron chi connectivity index (χ2n) is 7.08. The van der Waals surface area contributed by atoms with Gasteiger partial charge in [-0.1, -0.05) is 12.1 Å². The number of benzene rings is 1. The van der Waals surface area contributed by atoms with E-state index in [2.05, 4.69) is 0 Å². The third kappa shape index (κ3) is 4.85. The Morgan fingerprint density at radius 2 is 1.86 bits per heavy atom. The van der Waals surface area contributed by atoms with Crippen LogP contribution in [0, 0.1) is 18.3 Å². The van der Waals surface area contributed by atoms with Gasteiger partial charge in [0.25, 0.3) is 0 Å². The maximum absolute atomic E-state index is 12.9. The van der Waals surface area contributed by atoms with Crippen molar-refractivity contribution < 1.29 is 17.6 Å².